The second-order valence-corrected chi connectivity index (χ2v) is 3.26. The van der Waals surface area contributed by atoms with Crippen LogP contribution in [0.4, 0.5) is 0 Å². The fourth-order valence-corrected chi connectivity index (χ4v) is 1.37. The molecule has 0 atom stereocenters. The third kappa shape index (κ3) is 2.22. The number of nitrogens with zero attached hydrogens (tertiary/aromatic N) is 1. The molecular formula is C11H10N2O2. The average Bonchev–Trinajstić information content (AvgIpc) is 2.71. The van der Waals surface area contributed by atoms with Crippen LogP contribution in [0, 0.1) is 0 Å². The maximum absolute atomic E-state index is 10.6. The predicted octanol–water partition coefficient (Wildman–Crippen LogP) is 1.70. The van der Waals surface area contributed by atoms with E-state index >= 15 is 0 Å². The molecule has 2 aromatic rings. The van der Waals surface area contributed by atoms with Gasteiger partial charge in [-0.15, -0.1) is 0 Å². The van der Waals surface area contributed by atoms with E-state index in [0.717, 1.165) is 17.7 Å². The number of aromatic nitrogens is 2. The minimum Gasteiger partial charge on any atom is -0.478 e. The van der Waals surface area contributed by atoms with Gasteiger partial charge in [0.05, 0.1) is 11.9 Å². The van der Waals surface area contributed by atoms with E-state index in [1.807, 2.05) is 12.1 Å². The van der Waals surface area contributed by atoms with Gasteiger partial charge in [0.2, 0.25) is 0 Å². The highest BCUT2D eigenvalue weighted by atomic mass is 16.4. The first-order chi connectivity index (χ1) is 7.25. The van der Waals surface area contributed by atoms with Crippen molar-refractivity contribution in [3.05, 3.63) is 53.6 Å². The van der Waals surface area contributed by atoms with Gasteiger partial charge in [-0.3, -0.25) is 0 Å². The second-order valence-electron chi connectivity index (χ2n) is 3.26. The summed E-state index contributed by atoms with van der Waals surface area (Å²) < 4.78 is 0. The Hall–Kier alpha value is -2.10. The molecule has 76 valence electrons. The molecule has 1 heterocycles. The highest BCUT2D eigenvalue weighted by Gasteiger charge is 2.02. The van der Waals surface area contributed by atoms with Crippen LogP contribution >= 0.6 is 0 Å². The zero-order valence-corrected chi connectivity index (χ0v) is 7.97. The molecule has 2 rings (SSSR count). The standard InChI is InChI=1S/C11H10N2O2/c14-11(15)9-3-1-8(2-4-9)5-10-6-12-7-13-10/h1-4,6-7H,5H2,(H,12,13)(H,14,15). The van der Waals surface area contributed by atoms with Crippen LogP contribution in [0.25, 0.3) is 0 Å². The summed E-state index contributed by atoms with van der Waals surface area (Å²) in [5, 5.41) is 8.72. The lowest BCUT2D eigenvalue weighted by molar-refractivity contribution is 0.0697. The van der Waals surface area contributed by atoms with Gasteiger partial charge in [-0.25, -0.2) is 9.78 Å². The summed E-state index contributed by atoms with van der Waals surface area (Å²) >= 11 is 0. The predicted molar refractivity (Wildman–Crippen MR) is 54.8 cm³/mol. The maximum atomic E-state index is 10.6. The fraction of sp³-hybridized carbons (Fsp3) is 0.0909. The highest BCUT2D eigenvalue weighted by molar-refractivity contribution is 5.87. The van der Waals surface area contributed by atoms with Crippen LogP contribution in [0.15, 0.2) is 36.8 Å². The van der Waals surface area contributed by atoms with Crippen LogP contribution in [0.1, 0.15) is 21.6 Å². The van der Waals surface area contributed by atoms with Crippen molar-refractivity contribution in [2.75, 3.05) is 0 Å². The normalized spacial score (nSPS) is 10.1. The second kappa shape index (κ2) is 3.96. The molecule has 0 radical (unpaired) electrons. The Labute approximate surface area is 86.6 Å². The van der Waals surface area contributed by atoms with E-state index in [-0.39, 0.29) is 0 Å². The number of carboxylic acids is 1. The first-order valence-electron chi connectivity index (χ1n) is 4.55. The third-order valence-electron chi connectivity index (χ3n) is 2.15. The van der Waals surface area contributed by atoms with Crippen LogP contribution in [0.3, 0.4) is 0 Å². The summed E-state index contributed by atoms with van der Waals surface area (Å²) in [5.41, 5.74) is 2.38. The minimum absolute atomic E-state index is 0.309. The summed E-state index contributed by atoms with van der Waals surface area (Å²) in [6.45, 7) is 0. The Kier molecular flexibility index (Phi) is 2.49. The van der Waals surface area contributed by atoms with Crippen molar-refractivity contribution in [3.63, 3.8) is 0 Å². The van der Waals surface area contributed by atoms with Crippen molar-refractivity contribution in [2.24, 2.45) is 0 Å². The smallest absolute Gasteiger partial charge is 0.335 e. The summed E-state index contributed by atoms with van der Waals surface area (Å²) in [6.07, 6.45) is 4.12. The van der Waals surface area contributed by atoms with E-state index in [1.165, 1.54) is 0 Å². The monoisotopic (exact) mass is 202 g/mol. The van der Waals surface area contributed by atoms with Gasteiger partial charge in [-0.2, -0.15) is 0 Å². The molecule has 1 aromatic heterocycles. The molecule has 0 saturated heterocycles. The molecule has 15 heavy (non-hydrogen) atoms. The molecular weight excluding hydrogens is 192 g/mol. The molecule has 0 bridgehead atoms. The van der Waals surface area contributed by atoms with Crippen LogP contribution in [0.5, 0.6) is 0 Å². The molecule has 0 spiro atoms. The first-order valence-corrected chi connectivity index (χ1v) is 4.55. The van der Waals surface area contributed by atoms with Crippen molar-refractivity contribution in [1.82, 2.24) is 9.97 Å². The fourth-order valence-electron chi connectivity index (χ4n) is 1.37. The minimum atomic E-state index is -0.900. The molecule has 0 aliphatic heterocycles. The number of hydrogen-bond donors (Lipinski definition) is 2. The van der Waals surface area contributed by atoms with E-state index in [2.05, 4.69) is 9.97 Å². The van der Waals surface area contributed by atoms with E-state index in [1.54, 1.807) is 24.7 Å². The van der Waals surface area contributed by atoms with Gasteiger partial charge in [0.25, 0.3) is 0 Å². The van der Waals surface area contributed by atoms with E-state index in [0.29, 0.717) is 5.56 Å². The van der Waals surface area contributed by atoms with Crippen molar-refractivity contribution >= 4 is 5.97 Å². The van der Waals surface area contributed by atoms with Crippen LogP contribution in [0.2, 0.25) is 0 Å². The average molecular weight is 202 g/mol. The lowest BCUT2D eigenvalue weighted by atomic mass is 10.1. The van der Waals surface area contributed by atoms with Gasteiger partial charge in [-0.05, 0) is 17.7 Å². The third-order valence-corrected chi connectivity index (χ3v) is 2.15. The van der Waals surface area contributed by atoms with Crippen molar-refractivity contribution in [3.8, 4) is 0 Å². The SMILES string of the molecule is O=C(O)c1ccc(Cc2cnc[nH]2)cc1. The van der Waals surface area contributed by atoms with Crippen molar-refractivity contribution in [1.29, 1.82) is 0 Å². The van der Waals surface area contributed by atoms with Crippen LogP contribution in [-0.2, 0) is 6.42 Å². The number of carboxylic acid groups (broad SMARTS) is 1. The Bertz CT molecular complexity index is 446. The van der Waals surface area contributed by atoms with Crippen LogP contribution in [-0.4, -0.2) is 21.0 Å². The molecule has 1 aromatic carbocycles. The van der Waals surface area contributed by atoms with Gasteiger partial charge in [0, 0.05) is 18.3 Å². The van der Waals surface area contributed by atoms with E-state index < -0.39 is 5.97 Å². The zero-order chi connectivity index (χ0) is 10.7. The number of rotatable bonds is 3. The Morgan fingerprint density at radius 3 is 2.60 bits per heavy atom. The summed E-state index contributed by atoms with van der Waals surface area (Å²) in [4.78, 5) is 17.5. The van der Waals surface area contributed by atoms with Gasteiger partial charge < -0.3 is 10.1 Å². The Morgan fingerprint density at radius 1 is 1.33 bits per heavy atom. The molecule has 0 fully saturated rings. The Morgan fingerprint density at radius 2 is 2.07 bits per heavy atom. The summed E-state index contributed by atoms with van der Waals surface area (Å²) in [7, 11) is 0. The summed E-state index contributed by atoms with van der Waals surface area (Å²) in [6, 6.07) is 6.83. The van der Waals surface area contributed by atoms with Gasteiger partial charge >= 0.3 is 5.97 Å². The van der Waals surface area contributed by atoms with Crippen molar-refractivity contribution in [2.45, 2.75) is 6.42 Å². The molecule has 4 heteroatoms. The van der Waals surface area contributed by atoms with E-state index in [4.69, 9.17) is 5.11 Å². The number of aromatic carboxylic acids is 1. The molecule has 4 nitrogen and oxygen atoms in total. The lowest BCUT2D eigenvalue weighted by Gasteiger charge is -1.99. The van der Waals surface area contributed by atoms with Crippen molar-refractivity contribution < 1.29 is 9.90 Å². The number of aromatic amines is 1. The Balaban J connectivity index is 2.14. The van der Waals surface area contributed by atoms with Crippen LogP contribution < -0.4 is 0 Å². The number of nitrogens with one attached hydrogen (secondary N) is 1. The summed E-state index contributed by atoms with van der Waals surface area (Å²) in [5.74, 6) is -0.900. The molecule has 2 N–H and O–H groups in total. The first kappa shape index (κ1) is 9.45. The molecule has 0 aliphatic carbocycles. The number of hydrogen-bond acceptors (Lipinski definition) is 2. The molecule has 0 aliphatic rings. The molecule has 0 unspecified atom stereocenters. The molecule has 0 saturated carbocycles. The quantitative estimate of drug-likeness (QED) is 0.796. The largest absolute Gasteiger partial charge is 0.478 e. The number of H-pyrrole nitrogens is 1. The van der Waals surface area contributed by atoms with Gasteiger partial charge in [0.1, 0.15) is 0 Å². The van der Waals surface area contributed by atoms with Gasteiger partial charge in [0.15, 0.2) is 0 Å². The zero-order valence-electron chi connectivity index (χ0n) is 7.97. The van der Waals surface area contributed by atoms with Gasteiger partial charge in [-0.1, -0.05) is 12.1 Å². The number of benzene rings is 1. The highest BCUT2D eigenvalue weighted by Crippen LogP contribution is 2.08. The number of imidazole rings is 1. The topological polar surface area (TPSA) is 66.0 Å². The lowest BCUT2D eigenvalue weighted by Crippen LogP contribution is -1.96. The van der Waals surface area contributed by atoms with E-state index in [9.17, 15) is 4.79 Å². The maximum Gasteiger partial charge on any atom is 0.335 e. The number of carbonyl (C=O) groups is 1. The molecule has 0 amide bonds.